The molecular weight excluding hydrogens is 282 g/mol. The van der Waals surface area contributed by atoms with E-state index in [1.54, 1.807) is 25.1 Å². The van der Waals surface area contributed by atoms with Crippen LogP contribution in [0.3, 0.4) is 0 Å². The smallest absolute Gasteiger partial charge is 0.339 e. The minimum Gasteiger partial charge on any atom is -0.462 e. The molecule has 0 saturated carbocycles. The van der Waals surface area contributed by atoms with Crippen molar-refractivity contribution in [2.45, 2.75) is 17.6 Å². The Morgan fingerprint density at radius 1 is 1.24 bits per heavy atom. The highest BCUT2D eigenvalue weighted by molar-refractivity contribution is 7.98. The molecule has 0 N–H and O–H groups in total. The number of thioether (sulfide) groups is 1. The normalized spacial score (nSPS) is 9.90. The minimum atomic E-state index is -0.349. The molecule has 3 nitrogen and oxygen atoms in total. The zero-order chi connectivity index (χ0) is 15.1. The van der Waals surface area contributed by atoms with Gasteiger partial charge in [-0.25, -0.2) is 4.79 Å². The Balaban J connectivity index is 2.23. The summed E-state index contributed by atoms with van der Waals surface area (Å²) in [6, 6.07) is 17.1. The van der Waals surface area contributed by atoms with Gasteiger partial charge in [-0.3, -0.25) is 0 Å². The molecular formula is C17H15NO2S. The van der Waals surface area contributed by atoms with Crippen molar-refractivity contribution < 1.29 is 9.53 Å². The molecule has 0 saturated heterocycles. The van der Waals surface area contributed by atoms with Crippen molar-refractivity contribution in [2.75, 3.05) is 6.61 Å². The molecule has 21 heavy (non-hydrogen) atoms. The van der Waals surface area contributed by atoms with Crippen LogP contribution in [0.1, 0.15) is 28.4 Å². The first-order chi connectivity index (χ1) is 10.2. The number of nitrogens with zero attached hydrogens (tertiary/aromatic N) is 1. The van der Waals surface area contributed by atoms with E-state index < -0.39 is 0 Å². The van der Waals surface area contributed by atoms with Gasteiger partial charge in [0.2, 0.25) is 0 Å². The van der Waals surface area contributed by atoms with Gasteiger partial charge in [-0.1, -0.05) is 30.3 Å². The van der Waals surface area contributed by atoms with Gasteiger partial charge in [0.1, 0.15) is 0 Å². The molecule has 0 spiro atoms. The summed E-state index contributed by atoms with van der Waals surface area (Å²) in [5.41, 5.74) is 2.22. The fourth-order valence-electron chi connectivity index (χ4n) is 1.82. The number of nitriles is 1. The molecule has 0 radical (unpaired) electrons. The SMILES string of the molecule is CCOC(=O)c1ccc(C#N)cc1SCc1ccccc1. The lowest BCUT2D eigenvalue weighted by Gasteiger charge is -2.09. The van der Waals surface area contributed by atoms with Crippen LogP contribution in [-0.2, 0) is 10.5 Å². The first-order valence-electron chi connectivity index (χ1n) is 6.62. The zero-order valence-corrected chi connectivity index (χ0v) is 12.5. The number of rotatable bonds is 5. The summed E-state index contributed by atoms with van der Waals surface area (Å²) in [6.45, 7) is 2.11. The van der Waals surface area contributed by atoms with E-state index in [-0.39, 0.29) is 5.97 Å². The van der Waals surface area contributed by atoms with Gasteiger partial charge in [-0.05, 0) is 30.7 Å². The number of benzene rings is 2. The molecule has 2 aromatic carbocycles. The summed E-state index contributed by atoms with van der Waals surface area (Å²) in [5, 5.41) is 9.00. The largest absolute Gasteiger partial charge is 0.462 e. The second-order valence-corrected chi connectivity index (χ2v) is 5.33. The maximum atomic E-state index is 12.0. The van der Waals surface area contributed by atoms with Gasteiger partial charge >= 0.3 is 5.97 Å². The van der Waals surface area contributed by atoms with Crippen molar-refractivity contribution in [3.63, 3.8) is 0 Å². The number of ether oxygens (including phenoxy) is 1. The lowest BCUT2D eigenvalue weighted by Crippen LogP contribution is -2.06. The number of carbonyl (C=O) groups excluding carboxylic acids is 1. The van der Waals surface area contributed by atoms with Gasteiger partial charge in [0.05, 0.1) is 23.8 Å². The molecule has 0 aliphatic rings. The monoisotopic (exact) mass is 297 g/mol. The van der Waals surface area contributed by atoms with Crippen molar-refractivity contribution in [1.82, 2.24) is 0 Å². The fourth-order valence-corrected chi connectivity index (χ4v) is 2.86. The second-order valence-electron chi connectivity index (χ2n) is 4.32. The van der Waals surface area contributed by atoms with E-state index in [1.807, 2.05) is 30.3 Å². The lowest BCUT2D eigenvalue weighted by atomic mass is 10.1. The average Bonchev–Trinajstić information content (AvgIpc) is 2.53. The highest BCUT2D eigenvalue weighted by atomic mass is 32.2. The van der Waals surface area contributed by atoms with Gasteiger partial charge in [-0.15, -0.1) is 11.8 Å². The Morgan fingerprint density at radius 2 is 2.00 bits per heavy atom. The predicted octanol–water partition coefficient (Wildman–Crippen LogP) is 4.03. The molecule has 0 bridgehead atoms. The van der Waals surface area contributed by atoms with Crippen LogP contribution in [0, 0.1) is 11.3 Å². The Bertz CT molecular complexity index is 662. The number of esters is 1. The van der Waals surface area contributed by atoms with Crippen LogP contribution in [0.15, 0.2) is 53.4 Å². The molecule has 0 unspecified atom stereocenters. The number of hydrogen-bond acceptors (Lipinski definition) is 4. The Labute approximate surface area is 128 Å². The van der Waals surface area contributed by atoms with Crippen LogP contribution >= 0.6 is 11.8 Å². The van der Waals surface area contributed by atoms with Gasteiger partial charge in [-0.2, -0.15) is 5.26 Å². The minimum absolute atomic E-state index is 0.335. The van der Waals surface area contributed by atoms with Crippen LogP contribution in [-0.4, -0.2) is 12.6 Å². The Kier molecular flexibility index (Phi) is 5.42. The highest BCUT2D eigenvalue weighted by Crippen LogP contribution is 2.28. The standard InChI is InChI=1S/C17H15NO2S/c1-2-20-17(19)15-9-8-14(11-18)10-16(15)21-12-13-6-4-3-5-7-13/h3-10H,2,12H2,1H3. The van der Waals surface area contributed by atoms with Gasteiger partial charge in [0.25, 0.3) is 0 Å². The third-order valence-electron chi connectivity index (χ3n) is 2.84. The summed E-state index contributed by atoms with van der Waals surface area (Å²) in [6.07, 6.45) is 0. The van der Waals surface area contributed by atoms with E-state index in [9.17, 15) is 4.79 Å². The Hall–Kier alpha value is -2.25. The fraction of sp³-hybridized carbons (Fsp3) is 0.176. The van der Waals surface area contributed by atoms with E-state index in [0.717, 1.165) is 10.6 Å². The zero-order valence-electron chi connectivity index (χ0n) is 11.7. The van der Waals surface area contributed by atoms with E-state index in [4.69, 9.17) is 10.00 Å². The molecule has 0 heterocycles. The lowest BCUT2D eigenvalue weighted by molar-refractivity contribution is 0.0522. The van der Waals surface area contributed by atoms with Crippen LogP contribution in [0.2, 0.25) is 0 Å². The summed E-state index contributed by atoms with van der Waals surface area (Å²) in [7, 11) is 0. The molecule has 0 aromatic heterocycles. The summed E-state index contributed by atoms with van der Waals surface area (Å²) in [4.78, 5) is 12.7. The molecule has 0 aliphatic heterocycles. The van der Waals surface area contributed by atoms with Crippen molar-refractivity contribution in [1.29, 1.82) is 5.26 Å². The number of hydrogen-bond donors (Lipinski definition) is 0. The molecule has 2 rings (SSSR count). The molecule has 0 aliphatic carbocycles. The van der Waals surface area contributed by atoms with Crippen LogP contribution < -0.4 is 0 Å². The number of carbonyl (C=O) groups is 1. The summed E-state index contributed by atoms with van der Waals surface area (Å²) in [5.74, 6) is 0.389. The van der Waals surface area contributed by atoms with E-state index in [2.05, 4.69) is 6.07 Å². The molecule has 4 heteroatoms. The second kappa shape index (κ2) is 7.51. The summed E-state index contributed by atoms with van der Waals surface area (Å²) >= 11 is 1.53. The first-order valence-corrected chi connectivity index (χ1v) is 7.61. The summed E-state index contributed by atoms with van der Waals surface area (Å²) < 4.78 is 5.06. The van der Waals surface area contributed by atoms with E-state index >= 15 is 0 Å². The molecule has 0 fully saturated rings. The third kappa shape index (κ3) is 4.11. The topological polar surface area (TPSA) is 50.1 Å². The molecule has 0 atom stereocenters. The van der Waals surface area contributed by atoms with Crippen LogP contribution in [0.5, 0.6) is 0 Å². The van der Waals surface area contributed by atoms with Gasteiger partial charge in [0.15, 0.2) is 0 Å². The quantitative estimate of drug-likeness (QED) is 0.617. The molecule has 2 aromatic rings. The molecule has 106 valence electrons. The van der Waals surface area contributed by atoms with E-state index in [0.29, 0.717) is 17.7 Å². The predicted molar refractivity (Wildman–Crippen MR) is 83.1 cm³/mol. The van der Waals surface area contributed by atoms with E-state index in [1.165, 1.54) is 17.3 Å². The van der Waals surface area contributed by atoms with Crippen molar-refractivity contribution >= 4 is 17.7 Å². The van der Waals surface area contributed by atoms with Crippen molar-refractivity contribution in [2.24, 2.45) is 0 Å². The highest BCUT2D eigenvalue weighted by Gasteiger charge is 2.13. The van der Waals surface area contributed by atoms with Gasteiger partial charge < -0.3 is 4.74 Å². The van der Waals surface area contributed by atoms with Crippen LogP contribution in [0.4, 0.5) is 0 Å². The van der Waals surface area contributed by atoms with Crippen molar-refractivity contribution in [3.8, 4) is 6.07 Å². The first kappa shape index (κ1) is 15.1. The molecule has 0 amide bonds. The van der Waals surface area contributed by atoms with Gasteiger partial charge in [0, 0.05) is 10.6 Å². The van der Waals surface area contributed by atoms with Crippen LogP contribution in [0.25, 0.3) is 0 Å². The maximum absolute atomic E-state index is 12.0. The maximum Gasteiger partial charge on any atom is 0.339 e. The van der Waals surface area contributed by atoms with Crippen molar-refractivity contribution in [3.05, 3.63) is 65.2 Å². The third-order valence-corrected chi connectivity index (χ3v) is 3.97. The Morgan fingerprint density at radius 3 is 2.67 bits per heavy atom. The average molecular weight is 297 g/mol.